The van der Waals surface area contributed by atoms with Gasteiger partial charge in [-0.2, -0.15) is 0 Å². The van der Waals surface area contributed by atoms with Gasteiger partial charge >= 0.3 is 8.72 Å². The zero-order chi connectivity index (χ0) is 13.6. The van der Waals surface area contributed by atoms with E-state index >= 15 is 0 Å². The van der Waals surface area contributed by atoms with Gasteiger partial charge in [0.25, 0.3) is 0 Å². The Balaban J connectivity index is 2.25. The maximum absolute atomic E-state index is 3.68. The van der Waals surface area contributed by atoms with Crippen molar-refractivity contribution in [2.75, 3.05) is 0 Å². The molecule has 0 bridgehead atoms. The second kappa shape index (κ2) is 5.70. The van der Waals surface area contributed by atoms with Crippen LogP contribution in [0.3, 0.4) is 0 Å². The molecule has 19 heavy (non-hydrogen) atoms. The van der Waals surface area contributed by atoms with E-state index in [-0.39, 0.29) is 8.72 Å². The molecule has 0 spiro atoms. The molecule has 0 nitrogen and oxygen atoms in total. The summed E-state index contributed by atoms with van der Waals surface area (Å²) in [5, 5.41) is 0. The number of hydrogen-bond donors (Lipinski definition) is 0. The van der Waals surface area contributed by atoms with Gasteiger partial charge in [-0.25, -0.2) is 0 Å². The number of hydrogen-bond acceptors (Lipinski definition) is 0. The van der Waals surface area contributed by atoms with Gasteiger partial charge in [0.15, 0.2) is 0 Å². The van der Waals surface area contributed by atoms with Crippen LogP contribution in [-0.2, 0) is 6.42 Å². The molecule has 0 unspecified atom stereocenters. The first kappa shape index (κ1) is 14.4. The van der Waals surface area contributed by atoms with Crippen molar-refractivity contribution in [2.45, 2.75) is 6.42 Å². The van der Waals surface area contributed by atoms with Gasteiger partial charge in [-0.1, -0.05) is 47.3 Å². The van der Waals surface area contributed by atoms with Crippen LogP contribution < -0.4 is 10.9 Å². The lowest BCUT2D eigenvalue weighted by atomic mass is 9.75. The Kier molecular flexibility index (Phi) is 4.33. The molecule has 2 aromatic carbocycles. The third-order valence-electron chi connectivity index (χ3n) is 3.52. The van der Waals surface area contributed by atoms with Crippen LogP contribution in [0.1, 0.15) is 11.1 Å². The van der Waals surface area contributed by atoms with E-state index in [1.165, 1.54) is 33.2 Å². The number of benzene rings is 2. The largest absolute Gasteiger partial charge is 0.329 e. The summed E-state index contributed by atoms with van der Waals surface area (Å²) in [4.78, 5) is 0. The first-order valence-electron chi connectivity index (χ1n) is 5.90. The lowest BCUT2D eigenvalue weighted by Crippen LogP contribution is -2.42. The van der Waals surface area contributed by atoms with E-state index in [1.807, 2.05) is 0 Å². The summed E-state index contributed by atoms with van der Waals surface area (Å²) in [7, 11) is 0. The fraction of sp³-hybridized carbons (Fsp3) is 0.0769. The molecule has 0 amide bonds. The van der Waals surface area contributed by atoms with Gasteiger partial charge in [-0.15, -0.1) is 63.0 Å². The van der Waals surface area contributed by atoms with Gasteiger partial charge in [0, 0.05) is 0 Å². The van der Waals surface area contributed by atoms with Crippen LogP contribution in [0, 0.1) is 0 Å². The van der Waals surface area contributed by atoms with E-state index in [4.69, 9.17) is 0 Å². The van der Waals surface area contributed by atoms with E-state index in [0.29, 0.717) is 0 Å². The summed E-state index contributed by atoms with van der Waals surface area (Å²) in [6.45, 7) is 0. The molecule has 1 aliphatic rings. The van der Waals surface area contributed by atoms with Gasteiger partial charge in [-0.3, -0.25) is 0 Å². The van der Waals surface area contributed by atoms with Gasteiger partial charge in [0.2, 0.25) is 0 Å². The zero-order valence-corrected chi connectivity index (χ0v) is 16.2. The van der Waals surface area contributed by atoms with Crippen molar-refractivity contribution in [1.29, 1.82) is 0 Å². The van der Waals surface area contributed by atoms with Crippen LogP contribution in [-0.4, -0.2) is 8.72 Å². The Morgan fingerprint density at radius 3 is 2.21 bits per heavy atom. The third kappa shape index (κ3) is 2.54. The fourth-order valence-corrected chi connectivity index (χ4v) is 4.58. The van der Waals surface area contributed by atoms with Crippen molar-refractivity contribution < 1.29 is 0 Å². The first-order chi connectivity index (χ1) is 9.09. The highest BCUT2D eigenvalue weighted by Gasteiger charge is 2.28. The molecule has 1 aliphatic carbocycles. The maximum Gasteiger partial charge on any atom is 0.329 e. The molecule has 0 fully saturated rings. The van der Waals surface area contributed by atoms with Crippen LogP contribution in [0.2, 0.25) is 0 Å². The minimum atomic E-state index is 0.164. The van der Waals surface area contributed by atoms with Crippen LogP contribution in [0.15, 0.2) is 36.4 Å². The predicted molar refractivity (Wildman–Crippen MR) is 101 cm³/mol. The lowest BCUT2D eigenvalue weighted by Gasteiger charge is -2.15. The van der Waals surface area contributed by atoms with Gasteiger partial charge in [-0.05, 0) is 28.7 Å². The van der Waals surface area contributed by atoms with Gasteiger partial charge in [0.05, 0.1) is 0 Å². The monoisotopic (exact) mass is 502 g/mol. The fourth-order valence-electron chi connectivity index (χ4n) is 2.70. The Labute approximate surface area is 146 Å². The second-order valence-electron chi connectivity index (χ2n) is 4.53. The number of halogens is 4. The van der Waals surface area contributed by atoms with Crippen molar-refractivity contribution in [1.82, 2.24) is 0 Å². The van der Waals surface area contributed by atoms with Crippen LogP contribution in [0.4, 0.5) is 0 Å². The van der Waals surface area contributed by atoms with Crippen molar-refractivity contribution in [3.05, 3.63) is 47.5 Å². The average Bonchev–Trinajstić information content (AvgIpc) is 2.75. The molecule has 0 radical (unpaired) electrons. The van der Waals surface area contributed by atoms with Crippen molar-refractivity contribution in [2.24, 2.45) is 0 Å². The molecule has 0 saturated heterocycles. The molecular formula is C13H8B2Br4. The van der Waals surface area contributed by atoms with Crippen molar-refractivity contribution >= 4 is 82.7 Å². The molecule has 94 valence electrons. The summed E-state index contributed by atoms with van der Waals surface area (Å²) in [6.07, 6.45) is 1.01. The van der Waals surface area contributed by atoms with Crippen LogP contribution in [0.25, 0.3) is 11.1 Å². The molecule has 0 aliphatic heterocycles. The summed E-state index contributed by atoms with van der Waals surface area (Å²) >= 11 is 14.6. The van der Waals surface area contributed by atoms with Crippen molar-refractivity contribution in [3.8, 4) is 11.1 Å². The molecule has 0 heterocycles. The number of fused-ring (bicyclic) bond motifs is 3. The summed E-state index contributed by atoms with van der Waals surface area (Å²) in [5.74, 6) is 0. The highest BCUT2D eigenvalue weighted by atomic mass is 79.9. The molecular weight excluding hydrogens is 497 g/mol. The molecule has 3 rings (SSSR count). The zero-order valence-electron chi connectivity index (χ0n) is 9.84. The summed E-state index contributed by atoms with van der Waals surface area (Å²) < 4.78 is 0.332. The Morgan fingerprint density at radius 1 is 0.789 bits per heavy atom. The minimum Gasteiger partial charge on any atom is -0.132 e. The third-order valence-corrected chi connectivity index (χ3v) is 5.42. The van der Waals surface area contributed by atoms with Gasteiger partial charge < -0.3 is 0 Å². The van der Waals surface area contributed by atoms with E-state index in [9.17, 15) is 0 Å². The Bertz CT molecular complexity index is 641. The normalized spacial score (nSPS) is 12.0. The van der Waals surface area contributed by atoms with Gasteiger partial charge in [0.1, 0.15) is 0 Å². The Morgan fingerprint density at radius 2 is 1.53 bits per heavy atom. The topological polar surface area (TPSA) is 0 Å². The Hall–Kier alpha value is 0.490. The average molecular weight is 505 g/mol. The summed E-state index contributed by atoms with van der Waals surface area (Å²) in [5.41, 5.74) is 8.15. The van der Waals surface area contributed by atoms with Crippen LogP contribution >= 0.6 is 63.0 Å². The molecule has 0 N–H and O–H groups in total. The van der Waals surface area contributed by atoms with E-state index < -0.39 is 0 Å². The smallest absolute Gasteiger partial charge is 0.132 e. The maximum atomic E-state index is 3.68. The molecule has 0 atom stereocenters. The van der Waals surface area contributed by atoms with Crippen LogP contribution in [0.5, 0.6) is 0 Å². The van der Waals surface area contributed by atoms with Crippen molar-refractivity contribution in [3.63, 3.8) is 0 Å². The standard InChI is InChI=1S/C13H8B2Br4/c16-14(17)12-6-5-10-9-4-2-1-3-8(9)7-11(10)13(12)15(18)19/h1-6H,7H2. The predicted octanol–water partition coefficient (Wildman–Crippen LogP) is 4.23. The molecule has 6 heteroatoms. The van der Waals surface area contributed by atoms with E-state index in [1.54, 1.807) is 0 Å². The molecule has 0 saturated carbocycles. The number of rotatable bonds is 2. The van der Waals surface area contributed by atoms with E-state index in [0.717, 1.165) is 6.42 Å². The van der Waals surface area contributed by atoms with E-state index in [2.05, 4.69) is 99.4 Å². The summed E-state index contributed by atoms with van der Waals surface area (Å²) in [6, 6.07) is 13.1. The highest BCUT2D eigenvalue weighted by Crippen LogP contribution is 2.35. The quantitative estimate of drug-likeness (QED) is 0.458. The SMILES string of the molecule is BrB(Br)c1ccc2c(c1B(Br)Br)Cc1ccccc1-2. The minimum absolute atomic E-state index is 0.164. The molecule has 2 aromatic rings. The lowest BCUT2D eigenvalue weighted by molar-refractivity contribution is 1.28. The first-order valence-corrected chi connectivity index (χ1v) is 9.56. The molecule has 0 aromatic heterocycles. The highest BCUT2D eigenvalue weighted by molar-refractivity contribution is 9.50. The second-order valence-corrected chi connectivity index (χ2v) is 10.7.